The van der Waals surface area contributed by atoms with Crippen LogP contribution in [0.25, 0.3) is 0 Å². The van der Waals surface area contributed by atoms with Crippen LogP contribution in [-0.4, -0.2) is 56.6 Å². The number of sulfonamides is 1. The maximum Gasteiger partial charge on any atom is 0.319 e. The smallest absolute Gasteiger partial charge is 0.319 e. The first-order valence-corrected chi connectivity index (χ1v) is 16.0. The molecule has 4 N–H and O–H groups in total. The maximum absolute atomic E-state index is 14.2. The highest BCUT2D eigenvalue weighted by molar-refractivity contribution is 7.89. The van der Waals surface area contributed by atoms with Gasteiger partial charge in [0, 0.05) is 28.4 Å². The van der Waals surface area contributed by atoms with E-state index in [4.69, 9.17) is 0 Å². The zero-order valence-electron chi connectivity index (χ0n) is 25.3. The first-order valence-electron chi connectivity index (χ1n) is 14.1. The van der Waals surface area contributed by atoms with Crippen LogP contribution in [0.3, 0.4) is 0 Å². The lowest BCUT2D eigenvalue weighted by Crippen LogP contribution is -2.53. The van der Waals surface area contributed by atoms with Gasteiger partial charge in [0.05, 0.1) is 6.26 Å². The monoisotopic (exact) mass is 619 g/mol. The van der Waals surface area contributed by atoms with Gasteiger partial charge in [-0.3, -0.25) is 14.4 Å². The molecule has 0 bridgehead atoms. The minimum absolute atomic E-state index is 0.0183. The van der Waals surface area contributed by atoms with Gasteiger partial charge in [-0.15, -0.1) is 0 Å². The average Bonchev–Trinajstić information content (AvgIpc) is 3.02. The molecular weight excluding hydrogens is 582 g/mol. The third kappa shape index (κ3) is 8.44. The molecule has 0 saturated heterocycles. The molecule has 2 atom stereocenters. The van der Waals surface area contributed by atoms with Gasteiger partial charge in [0.2, 0.25) is 21.8 Å². The van der Waals surface area contributed by atoms with E-state index in [0.29, 0.717) is 5.69 Å². The van der Waals surface area contributed by atoms with Crippen molar-refractivity contribution < 1.29 is 27.6 Å². The Bertz CT molecular complexity index is 1680. The quantitative estimate of drug-likeness (QED) is 0.317. The Balaban J connectivity index is 1.66. The van der Waals surface area contributed by atoms with E-state index in [1.807, 2.05) is 80.9 Å². The van der Waals surface area contributed by atoms with Crippen molar-refractivity contribution in [2.45, 2.75) is 51.6 Å². The number of hydrogen-bond acceptors (Lipinski definition) is 6. The third-order valence-electron chi connectivity index (χ3n) is 6.87. The maximum atomic E-state index is 14.2. The first kappa shape index (κ1) is 32.2. The fourth-order valence-corrected chi connectivity index (χ4v) is 5.58. The van der Waals surface area contributed by atoms with Crippen molar-refractivity contribution in [2.24, 2.45) is 0 Å². The molecule has 1 aliphatic rings. The zero-order valence-corrected chi connectivity index (χ0v) is 26.1. The number of amides is 5. The zero-order chi connectivity index (χ0) is 32.2. The molecule has 0 fully saturated rings. The molecule has 4 rings (SSSR count). The summed E-state index contributed by atoms with van der Waals surface area (Å²) in [5, 5.41) is 8.32. The summed E-state index contributed by atoms with van der Waals surface area (Å²) < 4.78 is 24.8. The van der Waals surface area contributed by atoms with Crippen molar-refractivity contribution in [3.05, 3.63) is 95.1 Å². The molecule has 1 heterocycles. The lowest BCUT2D eigenvalue weighted by Gasteiger charge is -2.28. The minimum Gasteiger partial charge on any atom is -0.350 e. The lowest BCUT2D eigenvalue weighted by molar-refractivity contribution is -0.125. The first-order chi connectivity index (χ1) is 20.6. The highest BCUT2D eigenvalue weighted by Crippen LogP contribution is 2.39. The molecule has 0 spiro atoms. The van der Waals surface area contributed by atoms with Crippen LogP contribution in [0.15, 0.2) is 72.8 Å². The summed E-state index contributed by atoms with van der Waals surface area (Å²) in [5.74, 6) is -1.92. The normalized spacial score (nSPS) is 16.8. The highest BCUT2D eigenvalue weighted by Gasteiger charge is 2.37. The van der Waals surface area contributed by atoms with E-state index < -0.39 is 39.4 Å². The van der Waals surface area contributed by atoms with Crippen molar-refractivity contribution in [3.8, 4) is 0 Å². The van der Waals surface area contributed by atoms with Crippen LogP contribution in [0.1, 0.15) is 60.2 Å². The van der Waals surface area contributed by atoms with E-state index in [1.165, 1.54) is 29.2 Å². The molecule has 5 amide bonds. The molecule has 11 nitrogen and oxygen atoms in total. The Morgan fingerprint density at radius 2 is 1.66 bits per heavy atom. The number of carbonyl (C=O) groups excluding carboxylic acids is 4. The van der Waals surface area contributed by atoms with E-state index in [9.17, 15) is 27.6 Å². The molecule has 232 valence electrons. The molecule has 0 aliphatic carbocycles. The number of carbonyl (C=O) groups is 4. The van der Waals surface area contributed by atoms with Crippen molar-refractivity contribution in [1.82, 2.24) is 15.4 Å². The fraction of sp³-hybridized carbons (Fsp3) is 0.312. The van der Waals surface area contributed by atoms with Crippen LogP contribution >= 0.6 is 0 Å². The van der Waals surface area contributed by atoms with Gasteiger partial charge in [-0.05, 0) is 75.1 Å². The van der Waals surface area contributed by atoms with Crippen LogP contribution in [0.4, 0.5) is 16.2 Å². The van der Waals surface area contributed by atoms with Gasteiger partial charge in [0.25, 0.3) is 5.91 Å². The van der Waals surface area contributed by atoms with Gasteiger partial charge in [-0.1, -0.05) is 48.5 Å². The Hall–Kier alpha value is -4.71. The molecule has 0 unspecified atom stereocenters. The number of rotatable bonds is 7. The molecule has 0 radical (unpaired) electrons. The summed E-state index contributed by atoms with van der Waals surface area (Å²) in [6, 6.07) is 19.5. The van der Waals surface area contributed by atoms with Gasteiger partial charge in [0.15, 0.2) is 0 Å². The van der Waals surface area contributed by atoms with Gasteiger partial charge in [0.1, 0.15) is 12.6 Å². The number of nitrogens with one attached hydrogen (secondary N) is 4. The fourth-order valence-electron chi connectivity index (χ4n) is 5.13. The molecule has 0 aromatic heterocycles. The molecule has 0 saturated carbocycles. The average molecular weight is 620 g/mol. The predicted molar refractivity (Wildman–Crippen MR) is 169 cm³/mol. The summed E-state index contributed by atoms with van der Waals surface area (Å²) >= 11 is 0. The summed E-state index contributed by atoms with van der Waals surface area (Å²) in [5.41, 5.74) is 3.03. The van der Waals surface area contributed by atoms with Crippen molar-refractivity contribution in [1.29, 1.82) is 0 Å². The number of hydrogen-bond donors (Lipinski definition) is 4. The number of aryl methyl sites for hydroxylation is 1. The second kappa shape index (κ2) is 12.9. The van der Waals surface area contributed by atoms with E-state index >= 15 is 0 Å². The van der Waals surface area contributed by atoms with Crippen LogP contribution in [0, 0.1) is 6.92 Å². The molecule has 12 heteroatoms. The van der Waals surface area contributed by atoms with E-state index in [2.05, 4.69) is 16.0 Å². The second-order valence-electron chi connectivity index (χ2n) is 11.9. The second-order valence-corrected chi connectivity index (χ2v) is 13.7. The van der Waals surface area contributed by atoms with Crippen LogP contribution in [0.2, 0.25) is 0 Å². The molecule has 3 aromatic rings. The summed E-state index contributed by atoms with van der Waals surface area (Å²) in [4.78, 5) is 54.3. The van der Waals surface area contributed by atoms with Gasteiger partial charge >= 0.3 is 6.03 Å². The van der Waals surface area contributed by atoms with E-state index in [0.717, 1.165) is 22.9 Å². The Labute approximate surface area is 257 Å². The van der Waals surface area contributed by atoms with E-state index in [1.54, 1.807) is 0 Å². The molecule has 3 aromatic carbocycles. The van der Waals surface area contributed by atoms with Crippen LogP contribution < -0.4 is 25.6 Å². The van der Waals surface area contributed by atoms with Gasteiger partial charge in [-0.2, -0.15) is 0 Å². The summed E-state index contributed by atoms with van der Waals surface area (Å²) in [6.07, 6.45) is 1.09. The molecule has 1 aliphatic heterocycles. The number of urea groups is 1. The standard InChI is InChI=1S/C32H37N5O6S/c1-20-14-15-24-25(21-10-7-6-8-11-21)18-26(30(40)37(27(24)16-20)19-28(38)35-32(2,3)4)34-31(41)33-23-13-9-12-22(17-23)29(39)36-44(5,42)43/h6-17,25-26H,18-19H2,1-5H3,(H,35,38)(H,36,39)(H2,33,34,41)/t25-,26-/m1/s1. The predicted octanol–water partition coefficient (Wildman–Crippen LogP) is 3.66. The number of nitrogens with zero attached hydrogens (tertiary/aromatic N) is 1. The van der Waals surface area contributed by atoms with Crippen molar-refractivity contribution in [2.75, 3.05) is 23.0 Å². The SMILES string of the molecule is Cc1ccc2c(c1)N(CC(=O)NC(C)(C)C)C(=O)[C@H](NC(=O)Nc1cccc(C(=O)NS(C)(=O)=O)c1)C[C@@H]2c1ccccc1. The van der Waals surface area contributed by atoms with Crippen molar-refractivity contribution in [3.63, 3.8) is 0 Å². The minimum atomic E-state index is -3.78. The Kier molecular flexibility index (Phi) is 9.43. The largest absolute Gasteiger partial charge is 0.350 e. The van der Waals surface area contributed by atoms with Crippen LogP contribution in [0.5, 0.6) is 0 Å². The van der Waals surface area contributed by atoms with Gasteiger partial charge in [-0.25, -0.2) is 17.9 Å². The van der Waals surface area contributed by atoms with Crippen LogP contribution in [-0.2, 0) is 19.6 Å². The van der Waals surface area contributed by atoms with Gasteiger partial charge < -0.3 is 20.9 Å². The third-order valence-corrected chi connectivity index (χ3v) is 7.43. The highest BCUT2D eigenvalue weighted by atomic mass is 32.2. The number of benzene rings is 3. The molecular formula is C32H37N5O6S. The lowest BCUT2D eigenvalue weighted by atomic mass is 9.85. The number of fused-ring (bicyclic) bond motifs is 1. The molecule has 44 heavy (non-hydrogen) atoms. The summed E-state index contributed by atoms with van der Waals surface area (Å²) in [6.45, 7) is 7.23. The number of anilines is 2. The Morgan fingerprint density at radius 3 is 2.32 bits per heavy atom. The van der Waals surface area contributed by atoms with Crippen molar-refractivity contribution >= 4 is 45.2 Å². The van der Waals surface area contributed by atoms with E-state index in [-0.39, 0.29) is 36.0 Å². The topological polar surface area (TPSA) is 154 Å². The summed E-state index contributed by atoms with van der Waals surface area (Å²) in [7, 11) is -3.78. The Morgan fingerprint density at radius 1 is 0.955 bits per heavy atom.